The monoisotopic (exact) mass is 241 g/mol. The molecule has 2 atom stereocenters. The maximum Gasteiger partial charge on any atom is 0.411 e. The van der Waals surface area contributed by atoms with Gasteiger partial charge in [0.15, 0.2) is 0 Å². The predicted octanol–water partition coefficient (Wildman–Crippen LogP) is 1.88. The molecule has 1 N–H and O–H groups in total. The summed E-state index contributed by atoms with van der Waals surface area (Å²) in [6.45, 7) is 9.25. The summed E-state index contributed by atoms with van der Waals surface area (Å²) in [5, 5.41) is 9.14. The summed E-state index contributed by atoms with van der Waals surface area (Å²) >= 11 is 0. The zero-order valence-corrected chi connectivity index (χ0v) is 10.5. The Hall–Kier alpha value is -1.52. The van der Waals surface area contributed by atoms with Gasteiger partial charge in [0.2, 0.25) is 0 Å². The lowest BCUT2D eigenvalue weighted by atomic mass is 10.0. The van der Waals surface area contributed by atoms with Crippen molar-refractivity contribution in [2.45, 2.75) is 38.8 Å². The SMILES string of the molecule is C=C[C@H]1CCN(C(=O)OC(C)(C)C)[C@@H]1C(=O)O. The van der Waals surface area contributed by atoms with Crippen LogP contribution < -0.4 is 0 Å². The van der Waals surface area contributed by atoms with E-state index in [4.69, 9.17) is 9.84 Å². The summed E-state index contributed by atoms with van der Waals surface area (Å²) in [5.74, 6) is -1.22. The Kier molecular flexibility index (Phi) is 3.80. The minimum absolute atomic E-state index is 0.208. The number of hydrogen-bond acceptors (Lipinski definition) is 3. The molecule has 5 heteroatoms. The fourth-order valence-electron chi connectivity index (χ4n) is 1.90. The third-order valence-corrected chi connectivity index (χ3v) is 2.63. The Bertz CT molecular complexity index is 332. The molecule has 0 aliphatic carbocycles. The Morgan fingerprint density at radius 3 is 2.47 bits per heavy atom. The molecule has 0 spiro atoms. The topological polar surface area (TPSA) is 66.8 Å². The standard InChI is InChI=1S/C12H19NO4/c1-5-8-6-7-13(9(8)10(14)15)11(16)17-12(2,3)4/h5,8-9H,1,6-7H2,2-4H3,(H,14,15)/t8-,9-/m0/s1. The number of carboxylic acid groups (broad SMARTS) is 1. The van der Waals surface area contributed by atoms with Gasteiger partial charge in [0.25, 0.3) is 0 Å². The lowest BCUT2D eigenvalue weighted by Crippen LogP contribution is -2.45. The number of aliphatic carboxylic acids is 1. The minimum Gasteiger partial charge on any atom is -0.480 e. The summed E-state index contributed by atoms with van der Waals surface area (Å²) in [5.41, 5.74) is -0.619. The first-order valence-electron chi connectivity index (χ1n) is 5.61. The van der Waals surface area contributed by atoms with Gasteiger partial charge in [-0.05, 0) is 27.2 Å². The molecule has 5 nitrogen and oxygen atoms in total. The largest absolute Gasteiger partial charge is 0.480 e. The molecule has 1 fully saturated rings. The second kappa shape index (κ2) is 4.77. The number of rotatable bonds is 2. The van der Waals surface area contributed by atoms with E-state index in [2.05, 4.69) is 6.58 Å². The fourth-order valence-corrected chi connectivity index (χ4v) is 1.90. The molecule has 1 rings (SSSR count). The van der Waals surface area contributed by atoms with E-state index in [0.717, 1.165) is 0 Å². The van der Waals surface area contributed by atoms with Crippen molar-refractivity contribution in [3.8, 4) is 0 Å². The number of carboxylic acids is 1. The molecule has 17 heavy (non-hydrogen) atoms. The summed E-state index contributed by atoms with van der Waals surface area (Å²) in [4.78, 5) is 24.3. The lowest BCUT2D eigenvalue weighted by molar-refractivity contribution is -0.142. The Labute approximate surface area is 101 Å². The zero-order chi connectivity index (χ0) is 13.2. The summed E-state index contributed by atoms with van der Waals surface area (Å²) < 4.78 is 5.18. The summed E-state index contributed by atoms with van der Waals surface area (Å²) in [7, 11) is 0. The van der Waals surface area contributed by atoms with Gasteiger partial charge in [0, 0.05) is 12.5 Å². The maximum absolute atomic E-state index is 11.8. The highest BCUT2D eigenvalue weighted by Crippen LogP contribution is 2.27. The molecule has 96 valence electrons. The molecule has 0 aromatic carbocycles. The predicted molar refractivity (Wildman–Crippen MR) is 62.7 cm³/mol. The van der Waals surface area contributed by atoms with Gasteiger partial charge in [-0.1, -0.05) is 6.08 Å². The van der Waals surface area contributed by atoms with Crippen molar-refractivity contribution in [1.29, 1.82) is 0 Å². The van der Waals surface area contributed by atoms with Crippen molar-refractivity contribution in [1.82, 2.24) is 4.90 Å². The van der Waals surface area contributed by atoms with E-state index in [1.807, 2.05) is 0 Å². The van der Waals surface area contributed by atoms with E-state index in [-0.39, 0.29) is 5.92 Å². The first-order chi connectivity index (χ1) is 7.76. The smallest absolute Gasteiger partial charge is 0.411 e. The van der Waals surface area contributed by atoms with Crippen LogP contribution in [0.4, 0.5) is 4.79 Å². The fraction of sp³-hybridized carbons (Fsp3) is 0.667. The molecule has 0 saturated carbocycles. The van der Waals surface area contributed by atoms with Crippen LogP contribution in [-0.2, 0) is 9.53 Å². The Morgan fingerprint density at radius 2 is 2.06 bits per heavy atom. The van der Waals surface area contributed by atoms with Gasteiger partial charge in [0.05, 0.1) is 0 Å². The van der Waals surface area contributed by atoms with Crippen molar-refractivity contribution in [3.05, 3.63) is 12.7 Å². The summed E-state index contributed by atoms with van der Waals surface area (Å²) in [6.07, 6.45) is 1.62. The van der Waals surface area contributed by atoms with Crippen LogP contribution in [0.25, 0.3) is 0 Å². The van der Waals surface area contributed by atoms with Gasteiger partial charge >= 0.3 is 12.1 Å². The number of carbonyl (C=O) groups excluding carboxylic acids is 1. The second-order valence-corrected chi connectivity index (χ2v) is 5.15. The molecule has 1 aliphatic heterocycles. The van der Waals surface area contributed by atoms with Gasteiger partial charge in [0.1, 0.15) is 11.6 Å². The summed E-state index contributed by atoms with van der Waals surface area (Å²) in [6, 6.07) is -0.859. The first-order valence-corrected chi connectivity index (χ1v) is 5.61. The highest BCUT2D eigenvalue weighted by molar-refractivity contribution is 5.81. The van der Waals surface area contributed by atoms with Crippen molar-refractivity contribution in [2.75, 3.05) is 6.54 Å². The maximum atomic E-state index is 11.8. The second-order valence-electron chi connectivity index (χ2n) is 5.15. The van der Waals surface area contributed by atoms with Crippen molar-refractivity contribution in [2.24, 2.45) is 5.92 Å². The van der Waals surface area contributed by atoms with Crippen LogP contribution in [0, 0.1) is 5.92 Å². The number of amides is 1. The van der Waals surface area contributed by atoms with Crippen molar-refractivity contribution < 1.29 is 19.4 Å². The minimum atomic E-state index is -1.02. The molecule has 0 aromatic rings. The molecular formula is C12H19NO4. The van der Waals surface area contributed by atoms with Crippen molar-refractivity contribution >= 4 is 12.1 Å². The Morgan fingerprint density at radius 1 is 1.47 bits per heavy atom. The average molecular weight is 241 g/mol. The quantitative estimate of drug-likeness (QED) is 0.749. The molecule has 1 saturated heterocycles. The van der Waals surface area contributed by atoms with Gasteiger partial charge in [-0.3, -0.25) is 4.90 Å². The van der Waals surface area contributed by atoms with E-state index in [0.29, 0.717) is 13.0 Å². The number of likely N-dealkylation sites (tertiary alicyclic amines) is 1. The number of carbonyl (C=O) groups is 2. The number of hydrogen-bond donors (Lipinski definition) is 1. The lowest BCUT2D eigenvalue weighted by Gasteiger charge is -2.27. The van der Waals surface area contributed by atoms with E-state index >= 15 is 0 Å². The normalized spacial score (nSPS) is 24.5. The highest BCUT2D eigenvalue weighted by atomic mass is 16.6. The van der Waals surface area contributed by atoms with Gasteiger partial charge in [-0.2, -0.15) is 0 Å². The molecule has 0 bridgehead atoms. The van der Waals surface area contributed by atoms with Crippen LogP contribution in [0.1, 0.15) is 27.2 Å². The molecule has 0 radical (unpaired) electrons. The van der Waals surface area contributed by atoms with Crippen molar-refractivity contribution in [3.63, 3.8) is 0 Å². The third-order valence-electron chi connectivity index (χ3n) is 2.63. The van der Waals surface area contributed by atoms with Crippen LogP contribution in [0.5, 0.6) is 0 Å². The molecule has 1 amide bonds. The molecule has 1 aliphatic rings. The van der Waals surface area contributed by atoms with Crippen LogP contribution in [0.2, 0.25) is 0 Å². The van der Waals surface area contributed by atoms with Gasteiger partial charge in [-0.15, -0.1) is 6.58 Å². The highest BCUT2D eigenvalue weighted by Gasteiger charge is 2.42. The first kappa shape index (κ1) is 13.5. The Balaban J connectivity index is 2.80. The number of nitrogens with zero attached hydrogens (tertiary/aromatic N) is 1. The van der Waals surface area contributed by atoms with E-state index in [1.54, 1.807) is 26.8 Å². The van der Waals surface area contributed by atoms with E-state index < -0.39 is 23.7 Å². The van der Waals surface area contributed by atoms with Crippen LogP contribution in [0.15, 0.2) is 12.7 Å². The van der Waals surface area contributed by atoms with Crippen LogP contribution in [-0.4, -0.2) is 40.3 Å². The van der Waals surface area contributed by atoms with Crippen LogP contribution >= 0.6 is 0 Å². The molecule has 0 aromatic heterocycles. The third kappa shape index (κ3) is 3.22. The average Bonchev–Trinajstić information content (AvgIpc) is 2.57. The number of ether oxygens (including phenoxy) is 1. The van der Waals surface area contributed by atoms with Crippen LogP contribution in [0.3, 0.4) is 0 Å². The van der Waals surface area contributed by atoms with E-state index in [9.17, 15) is 9.59 Å². The van der Waals surface area contributed by atoms with E-state index in [1.165, 1.54) is 4.90 Å². The van der Waals surface area contributed by atoms with Gasteiger partial charge in [-0.25, -0.2) is 9.59 Å². The molecular weight excluding hydrogens is 222 g/mol. The van der Waals surface area contributed by atoms with Gasteiger partial charge < -0.3 is 9.84 Å². The zero-order valence-electron chi connectivity index (χ0n) is 10.5. The molecule has 1 heterocycles. The molecule has 0 unspecified atom stereocenters.